The summed E-state index contributed by atoms with van der Waals surface area (Å²) >= 11 is 0. The van der Waals surface area contributed by atoms with Crippen LogP contribution in [0.1, 0.15) is 100 Å². The second-order valence-corrected chi connectivity index (χ2v) is 9.91. The normalized spacial score (nSPS) is 32.6. The van der Waals surface area contributed by atoms with Crippen LogP contribution in [0.25, 0.3) is 6.08 Å². The van der Waals surface area contributed by atoms with E-state index in [4.69, 9.17) is 0 Å². The molecule has 1 aromatic rings. The van der Waals surface area contributed by atoms with Gasteiger partial charge in [0, 0.05) is 5.56 Å². The van der Waals surface area contributed by atoms with Gasteiger partial charge in [-0.1, -0.05) is 63.3 Å². The molecule has 1 aromatic carbocycles. The zero-order valence-corrected chi connectivity index (χ0v) is 18.0. The second kappa shape index (κ2) is 8.67. The fraction of sp³-hybridized carbons (Fsp3) is 0.692. The molecule has 0 amide bonds. The van der Waals surface area contributed by atoms with Crippen molar-refractivity contribution in [1.82, 2.24) is 0 Å². The molecule has 0 nitrogen and oxygen atoms in total. The van der Waals surface area contributed by atoms with E-state index in [1.807, 2.05) is 0 Å². The minimum atomic E-state index is -4.14. The van der Waals surface area contributed by atoms with Gasteiger partial charge in [0.15, 0.2) is 0 Å². The molecule has 0 aliphatic heterocycles. The number of alkyl halides is 4. The van der Waals surface area contributed by atoms with Crippen LogP contribution >= 0.6 is 0 Å². The lowest BCUT2D eigenvalue weighted by Crippen LogP contribution is -2.38. The van der Waals surface area contributed by atoms with E-state index < -0.39 is 17.4 Å². The van der Waals surface area contributed by atoms with E-state index in [0.29, 0.717) is 12.0 Å². The van der Waals surface area contributed by atoms with Crippen molar-refractivity contribution < 1.29 is 17.6 Å². The smallest absolute Gasteiger partial charge is 0.195 e. The molecule has 0 bridgehead atoms. The molecule has 0 heterocycles. The third kappa shape index (κ3) is 4.21. The van der Waals surface area contributed by atoms with Crippen molar-refractivity contribution in [3.8, 4) is 0 Å². The summed E-state index contributed by atoms with van der Waals surface area (Å²) in [7, 11) is 0. The average molecular weight is 423 g/mol. The first-order chi connectivity index (χ1) is 14.3. The lowest BCUT2D eigenvalue weighted by molar-refractivity contribution is -0.187. The van der Waals surface area contributed by atoms with E-state index in [0.717, 1.165) is 36.2 Å². The summed E-state index contributed by atoms with van der Waals surface area (Å²) in [5.41, 5.74) is 0.726. The zero-order chi connectivity index (χ0) is 21.4. The Kier molecular flexibility index (Phi) is 6.33. The summed E-state index contributed by atoms with van der Waals surface area (Å²) in [4.78, 5) is 0. The van der Waals surface area contributed by atoms with E-state index in [2.05, 4.69) is 6.92 Å². The molecule has 30 heavy (non-hydrogen) atoms. The van der Waals surface area contributed by atoms with Crippen LogP contribution in [0.5, 0.6) is 0 Å². The van der Waals surface area contributed by atoms with Crippen LogP contribution in [0, 0.1) is 17.8 Å². The van der Waals surface area contributed by atoms with Crippen molar-refractivity contribution in [2.24, 2.45) is 17.8 Å². The summed E-state index contributed by atoms with van der Waals surface area (Å²) in [6, 6.07) is 4.61. The highest BCUT2D eigenvalue weighted by molar-refractivity contribution is 5.61. The Bertz CT molecular complexity index is 750. The van der Waals surface area contributed by atoms with Crippen LogP contribution < -0.4 is 0 Å². The first-order valence-electron chi connectivity index (χ1n) is 11.9. The first-order valence-corrected chi connectivity index (χ1v) is 11.9. The van der Waals surface area contributed by atoms with Gasteiger partial charge in [-0.25, -0.2) is 0 Å². The topological polar surface area (TPSA) is 0 Å². The summed E-state index contributed by atoms with van der Waals surface area (Å²) in [5.74, 6) is -5.30. The van der Waals surface area contributed by atoms with E-state index >= 15 is 0 Å². The average Bonchev–Trinajstić information content (AvgIpc) is 2.76. The maximum absolute atomic E-state index is 14.1. The van der Waals surface area contributed by atoms with Crippen LogP contribution in [0.2, 0.25) is 0 Å². The number of rotatable bonds is 5. The maximum atomic E-state index is 14.1. The quantitative estimate of drug-likeness (QED) is 0.416. The van der Waals surface area contributed by atoms with Crippen molar-refractivity contribution in [3.63, 3.8) is 0 Å². The Balaban J connectivity index is 1.34. The molecular formula is C26H34F4. The van der Waals surface area contributed by atoms with E-state index in [1.165, 1.54) is 69.9 Å². The lowest BCUT2D eigenvalue weighted by atomic mass is 9.68. The van der Waals surface area contributed by atoms with Gasteiger partial charge in [-0.15, -0.1) is 0 Å². The molecule has 0 atom stereocenters. The summed E-state index contributed by atoms with van der Waals surface area (Å²) in [6.45, 7) is 2.27. The Morgan fingerprint density at radius 1 is 0.867 bits per heavy atom. The molecule has 3 aliphatic carbocycles. The Hall–Kier alpha value is -1.32. The van der Waals surface area contributed by atoms with Crippen molar-refractivity contribution in [2.75, 3.05) is 0 Å². The summed E-state index contributed by atoms with van der Waals surface area (Å²) < 4.78 is 55.4. The number of unbranched alkanes of at least 4 members (excludes halogenated alkanes) is 1. The molecule has 4 rings (SSSR count). The van der Waals surface area contributed by atoms with Crippen molar-refractivity contribution in [1.29, 1.82) is 0 Å². The number of fused-ring (bicyclic) bond motifs is 1. The highest BCUT2D eigenvalue weighted by atomic mass is 19.3. The zero-order valence-electron chi connectivity index (χ0n) is 18.0. The molecule has 3 aliphatic rings. The molecule has 0 N–H and O–H groups in total. The molecule has 0 aromatic heterocycles. The predicted octanol–water partition coefficient (Wildman–Crippen LogP) is 8.71. The van der Waals surface area contributed by atoms with Crippen LogP contribution in [0.15, 0.2) is 24.3 Å². The van der Waals surface area contributed by atoms with Gasteiger partial charge in [0.25, 0.3) is 0 Å². The minimum absolute atomic E-state index is 0.246. The largest absolute Gasteiger partial charge is 0.339 e. The van der Waals surface area contributed by atoms with Crippen LogP contribution in [0.3, 0.4) is 0 Å². The van der Waals surface area contributed by atoms with E-state index in [-0.39, 0.29) is 5.56 Å². The molecule has 0 saturated heterocycles. The monoisotopic (exact) mass is 422 g/mol. The molecule has 0 radical (unpaired) electrons. The number of halogens is 4. The maximum Gasteiger partial charge on any atom is 0.339 e. The van der Waals surface area contributed by atoms with Gasteiger partial charge in [0.05, 0.1) is 0 Å². The van der Waals surface area contributed by atoms with Gasteiger partial charge in [-0.3, -0.25) is 0 Å². The second-order valence-electron chi connectivity index (χ2n) is 9.91. The van der Waals surface area contributed by atoms with Gasteiger partial charge in [-0.2, -0.15) is 17.6 Å². The van der Waals surface area contributed by atoms with E-state index in [9.17, 15) is 17.6 Å². The Morgan fingerprint density at radius 2 is 1.50 bits per heavy atom. The van der Waals surface area contributed by atoms with E-state index in [1.54, 1.807) is 12.1 Å². The van der Waals surface area contributed by atoms with Crippen LogP contribution in [-0.2, 0) is 5.92 Å². The minimum Gasteiger partial charge on any atom is -0.195 e. The number of benzene rings is 1. The van der Waals surface area contributed by atoms with Gasteiger partial charge in [0.1, 0.15) is 0 Å². The van der Waals surface area contributed by atoms with Crippen LogP contribution in [-0.4, -0.2) is 5.92 Å². The fourth-order valence-electron chi connectivity index (χ4n) is 6.10. The molecule has 0 unspecified atom stereocenters. The highest BCUT2D eigenvalue weighted by Crippen LogP contribution is 2.50. The standard InChI is InChI=1S/C26H34F4/c1-2-3-4-18-5-7-19(8-6-18)20-9-11-21(12-10-20)22-13-14-24-23(17-22)15-16-25(27,28)26(24,29)30/h13-21H,2-12H2,1H3. The molecule has 166 valence electrons. The molecule has 2 fully saturated rings. The number of allylic oxidation sites excluding steroid dienone is 1. The third-order valence-electron chi connectivity index (χ3n) is 8.07. The molecular weight excluding hydrogens is 388 g/mol. The predicted molar refractivity (Wildman–Crippen MR) is 114 cm³/mol. The number of hydrogen-bond donors (Lipinski definition) is 0. The van der Waals surface area contributed by atoms with Crippen molar-refractivity contribution in [3.05, 3.63) is 41.0 Å². The molecule has 0 spiro atoms. The van der Waals surface area contributed by atoms with Crippen LogP contribution in [0.4, 0.5) is 17.6 Å². The molecule has 2 saturated carbocycles. The van der Waals surface area contributed by atoms with Gasteiger partial charge >= 0.3 is 11.8 Å². The molecule has 4 heteroatoms. The van der Waals surface area contributed by atoms with Crippen molar-refractivity contribution >= 4 is 6.08 Å². The highest BCUT2D eigenvalue weighted by Gasteiger charge is 2.58. The summed E-state index contributed by atoms with van der Waals surface area (Å²) in [5, 5.41) is 0. The SMILES string of the molecule is CCCCC1CCC(C2CCC(c3ccc4c(c3)C=CC(F)(F)C4(F)F)CC2)CC1. The lowest BCUT2D eigenvalue weighted by Gasteiger charge is -2.38. The van der Waals surface area contributed by atoms with Gasteiger partial charge in [0.2, 0.25) is 0 Å². The fourth-order valence-corrected chi connectivity index (χ4v) is 6.10. The first kappa shape index (κ1) is 21.9. The summed E-state index contributed by atoms with van der Waals surface area (Å²) in [6.07, 6.45) is 15.7. The third-order valence-corrected chi connectivity index (χ3v) is 8.07. The van der Waals surface area contributed by atoms with Gasteiger partial charge < -0.3 is 0 Å². The Labute approximate surface area is 178 Å². The van der Waals surface area contributed by atoms with Gasteiger partial charge in [-0.05, 0) is 79.4 Å². The van der Waals surface area contributed by atoms with Crippen molar-refractivity contribution in [2.45, 2.75) is 95.3 Å². The Morgan fingerprint density at radius 3 is 2.13 bits per heavy atom. The number of hydrogen-bond acceptors (Lipinski definition) is 0.